The Balaban J connectivity index is 3.58. The van der Waals surface area contributed by atoms with Gasteiger partial charge in [0.25, 0.3) is 0 Å². The molecule has 1 unspecified atom stereocenters. The molecule has 0 rings (SSSR count). The summed E-state index contributed by atoms with van der Waals surface area (Å²) in [6.07, 6.45) is 7.84. The fraction of sp³-hybridized carbons (Fsp3) is 0.929. The van der Waals surface area contributed by atoms with E-state index in [0.29, 0.717) is 5.41 Å². The van der Waals surface area contributed by atoms with Crippen LogP contribution in [0.1, 0.15) is 67.2 Å². The molecule has 0 heteroatoms. The van der Waals surface area contributed by atoms with Gasteiger partial charge in [-0.2, -0.15) is 0 Å². The second kappa shape index (κ2) is 6.37. The lowest BCUT2D eigenvalue weighted by Crippen LogP contribution is -2.12. The molecule has 0 saturated carbocycles. The molecular weight excluding hydrogens is 168 g/mol. The summed E-state index contributed by atoms with van der Waals surface area (Å²) in [4.78, 5) is 0. The number of hydrogen-bond acceptors (Lipinski definition) is 0. The van der Waals surface area contributed by atoms with Gasteiger partial charge in [-0.15, -0.1) is 0 Å². The molecule has 0 bridgehead atoms. The molecule has 0 aliphatic rings. The molecular formula is C14H29+. The summed E-state index contributed by atoms with van der Waals surface area (Å²) in [5, 5.41) is 0. The fourth-order valence-corrected chi connectivity index (χ4v) is 1.52. The summed E-state index contributed by atoms with van der Waals surface area (Å²) in [7, 11) is 0. The standard InChI is InChI=1S/C14H29/c1-7-14(5,6)11-10-13(4)9-8-12(2)3/h7,12-13H,8-11H2,1-6H3/q+1. The number of rotatable bonds is 7. The average Bonchev–Trinajstić information content (AvgIpc) is 2.11. The van der Waals surface area contributed by atoms with Crippen LogP contribution >= 0.6 is 0 Å². The van der Waals surface area contributed by atoms with Crippen molar-refractivity contribution in [3.8, 4) is 0 Å². The van der Waals surface area contributed by atoms with Gasteiger partial charge in [-0.3, -0.25) is 0 Å². The molecule has 0 spiro atoms. The first-order chi connectivity index (χ1) is 6.37. The van der Waals surface area contributed by atoms with Crippen LogP contribution in [0.25, 0.3) is 0 Å². The molecule has 0 aromatic rings. The van der Waals surface area contributed by atoms with Crippen molar-refractivity contribution in [2.24, 2.45) is 17.3 Å². The summed E-state index contributed by atoms with van der Waals surface area (Å²) >= 11 is 0. The van der Waals surface area contributed by atoms with Gasteiger partial charge in [0, 0.05) is 0 Å². The molecule has 84 valence electrons. The van der Waals surface area contributed by atoms with Gasteiger partial charge in [0.1, 0.15) is 5.41 Å². The van der Waals surface area contributed by atoms with Crippen molar-refractivity contribution in [2.45, 2.75) is 67.2 Å². The molecule has 0 aromatic heterocycles. The highest BCUT2D eigenvalue weighted by Crippen LogP contribution is 2.28. The van der Waals surface area contributed by atoms with E-state index >= 15 is 0 Å². The fourth-order valence-electron chi connectivity index (χ4n) is 1.52. The molecule has 0 amide bonds. The van der Waals surface area contributed by atoms with E-state index in [1.807, 2.05) is 0 Å². The Morgan fingerprint density at radius 1 is 1.00 bits per heavy atom. The van der Waals surface area contributed by atoms with Crippen molar-refractivity contribution in [3.05, 3.63) is 6.42 Å². The lowest BCUT2D eigenvalue weighted by atomic mass is 9.82. The summed E-state index contributed by atoms with van der Waals surface area (Å²) in [5.41, 5.74) is 0.437. The van der Waals surface area contributed by atoms with E-state index in [0.717, 1.165) is 11.8 Å². The van der Waals surface area contributed by atoms with E-state index in [1.165, 1.54) is 25.7 Å². The third-order valence-electron chi connectivity index (χ3n) is 3.30. The van der Waals surface area contributed by atoms with Crippen LogP contribution in [0.2, 0.25) is 0 Å². The van der Waals surface area contributed by atoms with E-state index in [9.17, 15) is 0 Å². The van der Waals surface area contributed by atoms with Crippen molar-refractivity contribution in [1.29, 1.82) is 0 Å². The molecule has 0 heterocycles. The highest BCUT2D eigenvalue weighted by molar-refractivity contribution is 4.81. The zero-order valence-corrected chi connectivity index (χ0v) is 11.1. The Kier molecular flexibility index (Phi) is 6.31. The van der Waals surface area contributed by atoms with E-state index < -0.39 is 0 Å². The van der Waals surface area contributed by atoms with Crippen molar-refractivity contribution in [1.82, 2.24) is 0 Å². The second-order valence-corrected chi connectivity index (χ2v) is 5.89. The van der Waals surface area contributed by atoms with Crippen molar-refractivity contribution < 1.29 is 0 Å². The predicted octanol–water partition coefficient (Wildman–Crippen LogP) is 5.09. The van der Waals surface area contributed by atoms with Crippen LogP contribution < -0.4 is 0 Å². The summed E-state index contributed by atoms with van der Waals surface area (Å²) in [6.45, 7) is 13.9. The maximum absolute atomic E-state index is 2.40. The first-order valence-electron chi connectivity index (χ1n) is 6.18. The Hall–Kier alpha value is -0.130. The Morgan fingerprint density at radius 2 is 1.57 bits per heavy atom. The Labute approximate surface area is 91.5 Å². The minimum atomic E-state index is 0.437. The average molecular weight is 197 g/mol. The quantitative estimate of drug-likeness (QED) is 0.499. The van der Waals surface area contributed by atoms with Crippen molar-refractivity contribution in [3.63, 3.8) is 0 Å². The molecule has 0 N–H and O–H groups in total. The van der Waals surface area contributed by atoms with Crippen LogP contribution in [0.4, 0.5) is 0 Å². The van der Waals surface area contributed by atoms with Crippen LogP contribution in [0, 0.1) is 23.7 Å². The Bertz CT molecular complexity index is 133. The van der Waals surface area contributed by atoms with E-state index in [-0.39, 0.29) is 0 Å². The van der Waals surface area contributed by atoms with Gasteiger partial charge in [-0.25, -0.2) is 0 Å². The normalized spacial score (nSPS) is 14.5. The van der Waals surface area contributed by atoms with Gasteiger partial charge in [0.2, 0.25) is 0 Å². The van der Waals surface area contributed by atoms with E-state index in [4.69, 9.17) is 0 Å². The molecule has 0 radical (unpaired) electrons. The maximum atomic E-state index is 2.40. The zero-order chi connectivity index (χ0) is 11.2. The minimum absolute atomic E-state index is 0.437. The second-order valence-electron chi connectivity index (χ2n) is 5.89. The predicted molar refractivity (Wildman–Crippen MR) is 66.2 cm³/mol. The smallest absolute Gasteiger partial charge is 0.0628 e. The summed E-state index contributed by atoms with van der Waals surface area (Å²) in [5.74, 6) is 1.76. The summed E-state index contributed by atoms with van der Waals surface area (Å²) < 4.78 is 0. The Morgan fingerprint density at radius 3 is 2.00 bits per heavy atom. The molecule has 1 atom stereocenters. The molecule has 14 heavy (non-hydrogen) atoms. The van der Waals surface area contributed by atoms with Gasteiger partial charge in [0.15, 0.2) is 0 Å². The molecule has 0 aliphatic heterocycles. The highest BCUT2D eigenvalue weighted by atomic mass is 14.2. The SMILES string of the molecule is C[CH+]C(C)(C)CCC(C)CCC(C)C. The van der Waals surface area contributed by atoms with Crippen molar-refractivity contribution in [2.75, 3.05) is 0 Å². The number of hydrogen-bond donors (Lipinski definition) is 0. The molecule has 0 aromatic carbocycles. The van der Waals surface area contributed by atoms with Gasteiger partial charge in [-0.1, -0.05) is 33.6 Å². The first kappa shape index (κ1) is 13.9. The van der Waals surface area contributed by atoms with Crippen molar-refractivity contribution >= 4 is 0 Å². The summed E-state index contributed by atoms with van der Waals surface area (Å²) in [6, 6.07) is 0. The largest absolute Gasteiger partial charge is 0.102 e. The monoisotopic (exact) mass is 197 g/mol. The minimum Gasteiger partial charge on any atom is -0.0628 e. The first-order valence-corrected chi connectivity index (χ1v) is 6.18. The molecule has 0 nitrogen and oxygen atoms in total. The van der Waals surface area contributed by atoms with Gasteiger partial charge >= 0.3 is 0 Å². The third kappa shape index (κ3) is 7.29. The zero-order valence-electron chi connectivity index (χ0n) is 11.1. The van der Waals surface area contributed by atoms with E-state index in [2.05, 4.69) is 48.0 Å². The van der Waals surface area contributed by atoms with Crippen LogP contribution in [0.3, 0.4) is 0 Å². The van der Waals surface area contributed by atoms with Crippen LogP contribution in [-0.2, 0) is 0 Å². The van der Waals surface area contributed by atoms with Crippen LogP contribution in [0.15, 0.2) is 0 Å². The van der Waals surface area contributed by atoms with E-state index in [1.54, 1.807) is 0 Å². The van der Waals surface area contributed by atoms with Crippen LogP contribution in [-0.4, -0.2) is 0 Å². The highest BCUT2D eigenvalue weighted by Gasteiger charge is 2.24. The third-order valence-corrected chi connectivity index (χ3v) is 3.30. The lowest BCUT2D eigenvalue weighted by Gasteiger charge is -2.18. The molecule has 0 fully saturated rings. The van der Waals surface area contributed by atoms with Gasteiger partial charge < -0.3 is 0 Å². The molecule has 0 aliphatic carbocycles. The van der Waals surface area contributed by atoms with Gasteiger partial charge in [0.05, 0.1) is 13.3 Å². The molecule has 0 saturated heterocycles. The lowest BCUT2D eigenvalue weighted by molar-refractivity contribution is 0.328. The topological polar surface area (TPSA) is 0 Å². The maximum Gasteiger partial charge on any atom is 0.102 e. The van der Waals surface area contributed by atoms with Gasteiger partial charge in [-0.05, 0) is 38.5 Å². The van der Waals surface area contributed by atoms with Crippen LogP contribution in [0.5, 0.6) is 0 Å².